The summed E-state index contributed by atoms with van der Waals surface area (Å²) >= 11 is 1.51. The SMILES string of the molecule is Cc1cccc(OCCCCc2nc(C)c(CC(=O)O)s2)c1. The Morgan fingerprint density at radius 3 is 2.86 bits per heavy atom. The Morgan fingerprint density at radius 2 is 2.14 bits per heavy atom. The topological polar surface area (TPSA) is 59.4 Å². The van der Waals surface area contributed by atoms with E-state index in [1.54, 1.807) is 0 Å². The van der Waals surface area contributed by atoms with Crippen LogP contribution in [-0.2, 0) is 17.6 Å². The maximum Gasteiger partial charge on any atom is 0.308 e. The van der Waals surface area contributed by atoms with Gasteiger partial charge in [0.1, 0.15) is 5.75 Å². The molecule has 0 aliphatic carbocycles. The highest BCUT2D eigenvalue weighted by Crippen LogP contribution is 2.20. The molecule has 0 spiro atoms. The van der Waals surface area contributed by atoms with Gasteiger partial charge in [-0.2, -0.15) is 0 Å². The van der Waals surface area contributed by atoms with Crippen molar-refractivity contribution in [3.8, 4) is 5.75 Å². The number of hydrogen-bond acceptors (Lipinski definition) is 4. The van der Waals surface area contributed by atoms with E-state index in [1.807, 2.05) is 38.1 Å². The molecule has 1 N–H and O–H groups in total. The van der Waals surface area contributed by atoms with Gasteiger partial charge in [-0.1, -0.05) is 12.1 Å². The molecule has 5 heteroatoms. The van der Waals surface area contributed by atoms with Gasteiger partial charge >= 0.3 is 5.97 Å². The zero-order valence-electron chi connectivity index (χ0n) is 13.0. The molecule has 0 bridgehead atoms. The Morgan fingerprint density at radius 1 is 1.32 bits per heavy atom. The van der Waals surface area contributed by atoms with Crippen LogP contribution in [0.2, 0.25) is 0 Å². The highest BCUT2D eigenvalue weighted by molar-refractivity contribution is 7.11. The van der Waals surface area contributed by atoms with E-state index < -0.39 is 5.97 Å². The van der Waals surface area contributed by atoms with E-state index in [1.165, 1.54) is 16.9 Å². The van der Waals surface area contributed by atoms with E-state index in [0.29, 0.717) is 6.61 Å². The smallest absolute Gasteiger partial charge is 0.308 e. The number of unbranched alkanes of at least 4 members (excludes halogenated alkanes) is 1. The summed E-state index contributed by atoms with van der Waals surface area (Å²) in [5, 5.41) is 9.85. The molecule has 0 fully saturated rings. The third-order valence-electron chi connectivity index (χ3n) is 3.29. The lowest BCUT2D eigenvalue weighted by atomic mass is 10.2. The summed E-state index contributed by atoms with van der Waals surface area (Å²) in [6, 6.07) is 8.04. The third-order valence-corrected chi connectivity index (χ3v) is 4.51. The quantitative estimate of drug-likeness (QED) is 0.752. The van der Waals surface area contributed by atoms with Crippen LogP contribution in [0.25, 0.3) is 0 Å². The number of nitrogens with zero attached hydrogens (tertiary/aromatic N) is 1. The van der Waals surface area contributed by atoms with Crippen molar-refractivity contribution in [1.29, 1.82) is 0 Å². The van der Waals surface area contributed by atoms with Crippen molar-refractivity contribution in [2.75, 3.05) is 6.61 Å². The Balaban J connectivity index is 1.71. The molecule has 2 aromatic rings. The molecular weight excluding hydrogens is 298 g/mol. The molecule has 1 aromatic carbocycles. The lowest BCUT2D eigenvalue weighted by molar-refractivity contribution is -0.136. The molecule has 1 aromatic heterocycles. The summed E-state index contributed by atoms with van der Waals surface area (Å²) in [6.45, 7) is 4.61. The van der Waals surface area contributed by atoms with Crippen molar-refractivity contribution >= 4 is 17.3 Å². The maximum atomic E-state index is 10.8. The minimum Gasteiger partial charge on any atom is -0.494 e. The summed E-state index contributed by atoms with van der Waals surface area (Å²) in [5.41, 5.74) is 2.04. The number of ether oxygens (including phenoxy) is 1. The van der Waals surface area contributed by atoms with Crippen LogP contribution >= 0.6 is 11.3 Å². The second-order valence-electron chi connectivity index (χ2n) is 5.31. The van der Waals surface area contributed by atoms with Gasteiger partial charge in [0.25, 0.3) is 0 Å². The number of aliphatic carboxylic acids is 1. The van der Waals surface area contributed by atoms with Gasteiger partial charge < -0.3 is 9.84 Å². The first-order chi connectivity index (χ1) is 10.5. The Bertz CT molecular complexity index is 637. The molecule has 0 saturated heterocycles. The number of carboxylic acids is 1. The highest BCUT2D eigenvalue weighted by atomic mass is 32.1. The molecule has 2 rings (SSSR count). The summed E-state index contributed by atoms with van der Waals surface area (Å²) in [7, 11) is 0. The highest BCUT2D eigenvalue weighted by Gasteiger charge is 2.10. The fraction of sp³-hybridized carbons (Fsp3) is 0.412. The van der Waals surface area contributed by atoms with Gasteiger partial charge in [0.05, 0.1) is 23.7 Å². The number of thiazole rings is 1. The van der Waals surface area contributed by atoms with Crippen molar-refractivity contribution in [3.05, 3.63) is 45.4 Å². The van der Waals surface area contributed by atoms with E-state index >= 15 is 0 Å². The predicted octanol–water partition coefficient (Wildman–Crippen LogP) is 3.79. The van der Waals surface area contributed by atoms with Crippen molar-refractivity contribution in [1.82, 2.24) is 4.98 Å². The number of aromatic nitrogens is 1. The van der Waals surface area contributed by atoms with Gasteiger partial charge in [0.15, 0.2) is 0 Å². The average Bonchev–Trinajstić information content (AvgIpc) is 2.78. The molecule has 0 unspecified atom stereocenters. The lowest BCUT2D eigenvalue weighted by Crippen LogP contribution is -1.99. The molecule has 22 heavy (non-hydrogen) atoms. The molecule has 118 valence electrons. The third kappa shape index (κ3) is 5.15. The molecule has 1 heterocycles. The second-order valence-corrected chi connectivity index (χ2v) is 6.48. The molecule has 4 nitrogen and oxygen atoms in total. The number of rotatable bonds is 8. The first kappa shape index (κ1) is 16.5. The normalized spacial score (nSPS) is 10.6. The minimum absolute atomic E-state index is 0.0694. The van der Waals surface area contributed by atoms with Gasteiger partial charge in [-0.3, -0.25) is 4.79 Å². The maximum absolute atomic E-state index is 10.8. The minimum atomic E-state index is -0.801. The number of carbonyl (C=O) groups is 1. The lowest BCUT2D eigenvalue weighted by Gasteiger charge is -2.06. The van der Waals surface area contributed by atoms with Crippen LogP contribution in [0.3, 0.4) is 0 Å². The molecular formula is C17H21NO3S. The van der Waals surface area contributed by atoms with Gasteiger partial charge in [0, 0.05) is 4.88 Å². The molecule has 0 amide bonds. The van der Waals surface area contributed by atoms with Crippen LogP contribution in [0, 0.1) is 13.8 Å². The summed E-state index contributed by atoms with van der Waals surface area (Å²) < 4.78 is 5.71. The molecule has 0 radical (unpaired) electrons. The average molecular weight is 319 g/mol. The first-order valence-electron chi connectivity index (χ1n) is 7.41. The largest absolute Gasteiger partial charge is 0.494 e. The van der Waals surface area contributed by atoms with Crippen LogP contribution < -0.4 is 4.74 Å². The van der Waals surface area contributed by atoms with Crippen LogP contribution in [-0.4, -0.2) is 22.7 Å². The molecule has 0 saturated carbocycles. The van der Waals surface area contributed by atoms with Gasteiger partial charge in [-0.25, -0.2) is 4.98 Å². The van der Waals surface area contributed by atoms with E-state index in [9.17, 15) is 4.79 Å². The number of carboxylic acid groups (broad SMARTS) is 1. The van der Waals surface area contributed by atoms with Crippen LogP contribution in [0.5, 0.6) is 5.75 Å². The summed E-state index contributed by atoms with van der Waals surface area (Å²) in [6.07, 6.45) is 2.90. The molecule has 0 aliphatic rings. The van der Waals surface area contributed by atoms with Crippen molar-refractivity contribution in [2.24, 2.45) is 0 Å². The number of aryl methyl sites for hydroxylation is 3. The van der Waals surface area contributed by atoms with Crippen molar-refractivity contribution in [3.63, 3.8) is 0 Å². The van der Waals surface area contributed by atoms with Gasteiger partial charge in [-0.05, 0) is 50.8 Å². The van der Waals surface area contributed by atoms with Gasteiger partial charge in [0.2, 0.25) is 0 Å². The van der Waals surface area contributed by atoms with E-state index in [2.05, 4.69) is 4.98 Å². The number of hydrogen-bond donors (Lipinski definition) is 1. The van der Waals surface area contributed by atoms with E-state index in [0.717, 1.165) is 40.6 Å². The fourth-order valence-corrected chi connectivity index (χ4v) is 3.27. The standard InChI is InChI=1S/C17H21NO3S/c1-12-6-5-7-14(10-12)21-9-4-3-8-16-18-13(2)15(22-16)11-17(19)20/h5-7,10H,3-4,8-9,11H2,1-2H3,(H,19,20). The Kier molecular flexibility index (Phi) is 5.95. The Labute approximate surface area is 134 Å². The number of benzene rings is 1. The summed E-state index contributed by atoms with van der Waals surface area (Å²) in [4.78, 5) is 16.1. The zero-order chi connectivity index (χ0) is 15.9. The zero-order valence-corrected chi connectivity index (χ0v) is 13.8. The summed E-state index contributed by atoms with van der Waals surface area (Å²) in [5.74, 6) is 0.110. The van der Waals surface area contributed by atoms with E-state index in [4.69, 9.17) is 9.84 Å². The van der Waals surface area contributed by atoms with Crippen molar-refractivity contribution in [2.45, 2.75) is 39.5 Å². The monoisotopic (exact) mass is 319 g/mol. The first-order valence-corrected chi connectivity index (χ1v) is 8.22. The fourth-order valence-electron chi connectivity index (χ4n) is 2.17. The predicted molar refractivity (Wildman–Crippen MR) is 87.8 cm³/mol. The van der Waals surface area contributed by atoms with Crippen molar-refractivity contribution < 1.29 is 14.6 Å². The van der Waals surface area contributed by atoms with Crippen LogP contribution in [0.1, 0.15) is 34.0 Å². The van der Waals surface area contributed by atoms with Crippen LogP contribution in [0.15, 0.2) is 24.3 Å². The molecule has 0 atom stereocenters. The second kappa shape index (κ2) is 7.94. The van der Waals surface area contributed by atoms with E-state index in [-0.39, 0.29) is 6.42 Å². The molecule has 0 aliphatic heterocycles. The Hall–Kier alpha value is -1.88. The van der Waals surface area contributed by atoms with Gasteiger partial charge in [-0.15, -0.1) is 11.3 Å². The van der Waals surface area contributed by atoms with Crippen LogP contribution in [0.4, 0.5) is 0 Å².